The Kier molecular flexibility index (Phi) is 9.68. The molecule has 3 aromatic heterocycles. The molecule has 11 aromatic rings. The van der Waals surface area contributed by atoms with Crippen LogP contribution in [0, 0.1) is 0 Å². The van der Waals surface area contributed by atoms with Crippen molar-refractivity contribution in [1.29, 1.82) is 0 Å². The minimum Gasteiger partial charge on any atom is -0.309 e. The number of aromatic nitrogens is 5. The third-order valence-corrected chi connectivity index (χ3v) is 11.7. The van der Waals surface area contributed by atoms with E-state index in [-0.39, 0.29) is 0 Å². The summed E-state index contributed by atoms with van der Waals surface area (Å²) in [6.45, 7) is 2.00. The van der Waals surface area contributed by atoms with Gasteiger partial charge in [0.05, 0.1) is 22.1 Å². The summed E-state index contributed by atoms with van der Waals surface area (Å²) in [7, 11) is 0. The lowest BCUT2D eigenvalue weighted by Gasteiger charge is -2.15. The van der Waals surface area contributed by atoms with Crippen LogP contribution >= 0.6 is 0 Å². The second-order valence-electron chi connectivity index (χ2n) is 15.6. The highest BCUT2D eigenvalue weighted by atomic mass is 15.0. The van der Waals surface area contributed by atoms with Crippen molar-refractivity contribution in [3.05, 3.63) is 230 Å². The minimum atomic E-state index is 0.593. The fourth-order valence-electron chi connectivity index (χ4n) is 8.93. The molecule has 5 nitrogen and oxygen atoms in total. The summed E-state index contributed by atoms with van der Waals surface area (Å²) in [5.41, 5.74) is 13.3. The number of allylic oxidation sites excluding steroid dienone is 5. The lowest BCUT2D eigenvalue weighted by molar-refractivity contribution is 1.04. The van der Waals surface area contributed by atoms with Gasteiger partial charge in [-0.05, 0) is 66.6 Å². The predicted molar refractivity (Wildman–Crippen MR) is 263 cm³/mol. The molecule has 0 saturated heterocycles. The van der Waals surface area contributed by atoms with Crippen molar-refractivity contribution in [3.8, 4) is 56.4 Å². The molecule has 0 aliphatic carbocycles. The van der Waals surface area contributed by atoms with Crippen LogP contribution in [0.15, 0.2) is 225 Å². The number of benzene rings is 8. The molecule has 0 aliphatic heterocycles. The zero-order valence-electron chi connectivity index (χ0n) is 34.7. The lowest BCUT2D eigenvalue weighted by Crippen LogP contribution is -2.00. The van der Waals surface area contributed by atoms with E-state index in [1.165, 1.54) is 38.1 Å². The smallest absolute Gasteiger partial charge is 0.164 e. The van der Waals surface area contributed by atoms with Crippen LogP contribution in [0.2, 0.25) is 0 Å². The molecule has 5 heteroatoms. The Bertz CT molecular complexity index is 3560. The van der Waals surface area contributed by atoms with E-state index in [0.717, 1.165) is 50.2 Å². The summed E-state index contributed by atoms with van der Waals surface area (Å²) in [5, 5.41) is 4.85. The van der Waals surface area contributed by atoms with Crippen molar-refractivity contribution in [1.82, 2.24) is 24.1 Å². The van der Waals surface area contributed by atoms with Gasteiger partial charge in [0.2, 0.25) is 0 Å². The first-order chi connectivity index (χ1) is 31.2. The predicted octanol–water partition coefficient (Wildman–Crippen LogP) is 14.9. The van der Waals surface area contributed by atoms with Crippen molar-refractivity contribution in [2.75, 3.05) is 0 Å². The van der Waals surface area contributed by atoms with Gasteiger partial charge in [-0.1, -0.05) is 182 Å². The van der Waals surface area contributed by atoms with Gasteiger partial charge in [-0.15, -0.1) is 0 Å². The van der Waals surface area contributed by atoms with E-state index >= 15 is 0 Å². The average molecular weight is 808 g/mol. The zero-order valence-corrected chi connectivity index (χ0v) is 34.7. The summed E-state index contributed by atoms with van der Waals surface area (Å²) in [5.74, 6) is 1.84. The topological polar surface area (TPSA) is 48.5 Å². The highest BCUT2D eigenvalue weighted by Crippen LogP contribution is 2.43. The third kappa shape index (κ3) is 6.82. The van der Waals surface area contributed by atoms with E-state index in [1.54, 1.807) is 0 Å². The molecule has 0 amide bonds. The van der Waals surface area contributed by atoms with Crippen LogP contribution in [-0.4, -0.2) is 24.1 Å². The normalized spacial score (nSPS) is 12.0. The molecule has 3 heterocycles. The number of hydrogen-bond acceptors (Lipinski definition) is 3. The Labute approximate surface area is 365 Å². The summed E-state index contributed by atoms with van der Waals surface area (Å²) in [6.07, 6.45) is 11.8. The molecular formula is C58H41N5. The highest BCUT2D eigenvalue weighted by molar-refractivity contribution is 6.18. The fraction of sp³-hybridized carbons (Fsp3) is 0.0172. The Balaban J connectivity index is 1.12. The maximum absolute atomic E-state index is 5.04. The highest BCUT2D eigenvalue weighted by Gasteiger charge is 2.21. The zero-order chi connectivity index (χ0) is 42.1. The molecule has 11 rings (SSSR count). The van der Waals surface area contributed by atoms with Gasteiger partial charge in [-0.2, -0.15) is 0 Å². The van der Waals surface area contributed by atoms with Gasteiger partial charge in [0.25, 0.3) is 0 Å². The van der Waals surface area contributed by atoms with Crippen LogP contribution < -0.4 is 0 Å². The van der Waals surface area contributed by atoms with Gasteiger partial charge in [-0.3, -0.25) is 0 Å². The average Bonchev–Trinajstić information content (AvgIpc) is 3.88. The molecule has 0 unspecified atom stereocenters. The molecule has 0 bridgehead atoms. The number of para-hydroxylation sites is 5. The van der Waals surface area contributed by atoms with E-state index in [9.17, 15) is 0 Å². The maximum Gasteiger partial charge on any atom is 0.164 e. The Hall–Kier alpha value is -8.41. The molecule has 63 heavy (non-hydrogen) atoms. The lowest BCUT2D eigenvalue weighted by atomic mass is 9.98. The fourth-order valence-corrected chi connectivity index (χ4v) is 8.93. The molecule has 298 valence electrons. The van der Waals surface area contributed by atoms with E-state index in [4.69, 9.17) is 15.0 Å². The minimum absolute atomic E-state index is 0.593. The molecule has 0 fully saturated rings. The number of nitrogens with zero attached hydrogens (tertiary/aromatic N) is 5. The molecule has 0 radical (unpaired) electrons. The van der Waals surface area contributed by atoms with Gasteiger partial charge in [-0.25, -0.2) is 15.0 Å². The van der Waals surface area contributed by atoms with E-state index in [0.29, 0.717) is 17.5 Å². The number of fused-ring (bicyclic) bond motifs is 6. The van der Waals surface area contributed by atoms with Crippen LogP contribution in [0.4, 0.5) is 0 Å². The first kappa shape index (κ1) is 37.6. The maximum atomic E-state index is 5.04. The van der Waals surface area contributed by atoms with Gasteiger partial charge in [0, 0.05) is 55.2 Å². The molecule has 0 atom stereocenters. The second kappa shape index (κ2) is 16.2. The van der Waals surface area contributed by atoms with E-state index in [1.807, 2.05) is 73.7 Å². The van der Waals surface area contributed by atoms with E-state index in [2.05, 4.69) is 173 Å². The Morgan fingerprint density at radius 1 is 0.365 bits per heavy atom. The summed E-state index contributed by atoms with van der Waals surface area (Å²) in [6, 6.07) is 69.1. The SMILES string of the molecule is CC=CC=CC=Cc1nc(-c2ccccc2)nc(-c2cccc(-c3cccc4c5cccc(-c6ccc7c8ccccc8n(-c8ccccc8)c7c6)c5n(-c5ccccc5)c34)c2)n1. The second-order valence-corrected chi connectivity index (χ2v) is 15.6. The first-order valence-electron chi connectivity index (χ1n) is 21.3. The number of hydrogen-bond donors (Lipinski definition) is 0. The van der Waals surface area contributed by atoms with Crippen LogP contribution in [0.1, 0.15) is 12.7 Å². The largest absolute Gasteiger partial charge is 0.309 e. The Morgan fingerprint density at radius 3 is 1.59 bits per heavy atom. The molecule has 8 aromatic carbocycles. The summed E-state index contributed by atoms with van der Waals surface area (Å²) >= 11 is 0. The standard InChI is InChI=1S/C58H41N5/c1-2-3-4-5-15-35-54-59-57(40-21-9-6-10-22-40)61-58(60-54)43-24-18-23-41(38-43)46-30-19-32-50-51-33-20-31-47(56(51)63(55(46)50)45-27-13-8-14-28-45)42-36-37-49-48-29-16-17-34-52(48)62(53(49)39-42)44-25-11-7-12-26-44/h2-39H,1H3. The van der Waals surface area contributed by atoms with Crippen molar-refractivity contribution < 1.29 is 0 Å². The first-order valence-corrected chi connectivity index (χ1v) is 21.3. The van der Waals surface area contributed by atoms with Gasteiger partial charge in [0.1, 0.15) is 0 Å². The van der Waals surface area contributed by atoms with Crippen LogP contribution in [-0.2, 0) is 0 Å². The number of rotatable bonds is 9. The molecule has 0 aliphatic rings. The Morgan fingerprint density at radius 2 is 0.889 bits per heavy atom. The molecular weight excluding hydrogens is 767 g/mol. The quantitative estimate of drug-likeness (QED) is 0.137. The van der Waals surface area contributed by atoms with Crippen molar-refractivity contribution in [3.63, 3.8) is 0 Å². The van der Waals surface area contributed by atoms with Crippen LogP contribution in [0.25, 0.3) is 106 Å². The molecule has 0 saturated carbocycles. The molecule has 0 spiro atoms. The van der Waals surface area contributed by atoms with Crippen molar-refractivity contribution >= 4 is 49.7 Å². The van der Waals surface area contributed by atoms with Gasteiger partial charge >= 0.3 is 0 Å². The van der Waals surface area contributed by atoms with Crippen molar-refractivity contribution in [2.45, 2.75) is 6.92 Å². The van der Waals surface area contributed by atoms with Gasteiger partial charge in [0.15, 0.2) is 17.5 Å². The van der Waals surface area contributed by atoms with E-state index < -0.39 is 0 Å². The molecule has 0 N–H and O–H groups in total. The van der Waals surface area contributed by atoms with Crippen LogP contribution in [0.3, 0.4) is 0 Å². The summed E-state index contributed by atoms with van der Waals surface area (Å²) < 4.78 is 4.85. The van der Waals surface area contributed by atoms with Crippen molar-refractivity contribution in [2.24, 2.45) is 0 Å². The van der Waals surface area contributed by atoms with Crippen LogP contribution in [0.5, 0.6) is 0 Å². The summed E-state index contributed by atoms with van der Waals surface area (Å²) in [4.78, 5) is 14.9. The third-order valence-electron chi connectivity index (χ3n) is 11.7. The monoisotopic (exact) mass is 807 g/mol. The van der Waals surface area contributed by atoms with Gasteiger partial charge < -0.3 is 9.13 Å².